The predicted molar refractivity (Wildman–Crippen MR) is 37.2 cm³/mol. The van der Waals surface area contributed by atoms with E-state index in [1.165, 1.54) is 0 Å². The van der Waals surface area contributed by atoms with Gasteiger partial charge in [0.05, 0.1) is 6.07 Å². The van der Waals surface area contributed by atoms with Crippen LogP contribution in [0.5, 0.6) is 0 Å². The summed E-state index contributed by atoms with van der Waals surface area (Å²) in [4.78, 5) is 0. The van der Waals surface area contributed by atoms with Gasteiger partial charge in [-0.1, -0.05) is 6.92 Å². The third-order valence-electron chi connectivity index (χ3n) is 2.16. The molecule has 0 amide bonds. The summed E-state index contributed by atoms with van der Waals surface area (Å²) in [7, 11) is 0. The van der Waals surface area contributed by atoms with Crippen molar-refractivity contribution in [2.75, 3.05) is 13.1 Å². The average Bonchev–Trinajstić information content (AvgIpc) is 1.96. The van der Waals surface area contributed by atoms with Crippen molar-refractivity contribution in [3.8, 4) is 6.07 Å². The molecule has 2 N–H and O–H groups in total. The highest BCUT2D eigenvalue weighted by molar-refractivity contribution is 5.06. The van der Waals surface area contributed by atoms with Crippen molar-refractivity contribution in [1.29, 1.82) is 5.26 Å². The summed E-state index contributed by atoms with van der Waals surface area (Å²) in [5, 5.41) is 21.1. The van der Waals surface area contributed by atoms with E-state index in [9.17, 15) is 5.11 Å². The van der Waals surface area contributed by atoms with E-state index in [0.29, 0.717) is 6.54 Å². The second-order valence-corrected chi connectivity index (χ2v) is 2.90. The van der Waals surface area contributed by atoms with E-state index < -0.39 is 5.60 Å². The Bertz CT molecular complexity index is 163. The average molecular weight is 140 g/mol. The van der Waals surface area contributed by atoms with Crippen LogP contribution in [0, 0.1) is 17.2 Å². The molecule has 0 aromatic rings. The molecular weight excluding hydrogens is 128 g/mol. The molecule has 1 aliphatic rings. The van der Waals surface area contributed by atoms with Crippen molar-refractivity contribution in [3.63, 3.8) is 0 Å². The summed E-state index contributed by atoms with van der Waals surface area (Å²) in [6.45, 7) is 3.22. The second-order valence-electron chi connectivity index (χ2n) is 2.90. The van der Waals surface area contributed by atoms with Crippen LogP contribution in [0.4, 0.5) is 0 Å². The molecule has 0 aliphatic carbocycles. The number of rotatable bonds is 0. The zero-order valence-corrected chi connectivity index (χ0v) is 6.09. The molecule has 2 atom stereocenters. The maximum absolute atomic E-state index is 9.52. The Labute approximate surface area is 60.7 Å². The molecule has 1 rings (SSSR count). The smallest absolute Gasteiger partial charge is 0.165 e. The fourth-order valence-electron chi connectivity index (χ4n) is 1.16. The third-order valence-corrected chi connectivity index (χ3v) is 2.16. The first-order valence-corrected chi connectivity index (χ1v) is 3.53. The maximum Gasteiger partial charge on any atom is 0.165 e. The van der Waals surface area contributed by atoms with Crippen LogP contribution in [0.25, 0.3) is 0 Å². The van der Waals surface area contributed by atoms with Crippen LogP contribution in [0.15, 0.2) is 0 Å². The van der Waals surface area contributed by atoms with Crippen LogP contribution in [0.2, 0.25) is 0 Å². The van der Waals surface area contributed by atoms with Crippen LogP contribution in [-0.2, 0) is 0 Å². The van der Waals surface area contributed by atoms with Gasteiger partial charge >= 0.3 is 0 Å². The van der Waals surface area contributed by atoms with Gasteiger partial charge in [0.15, 0.2) is 5.60 Å². The van der Waals surface area contributed by atoms with E-state index in [1.54, 1.807) is 0 Å². The quantitative estimate of drug-likeness (QED) is 0.461. The van der Waals surface area contributed by atoms with Crippen LogP contribution in [0.1, 0.15) is 13.3 Å². The number of β-amino-alcohol motifs (C(OH)–C–C–N with tert-alkyl or cyclic N) is 1. The summed E-state index contributed by atoms with van der Waals surface area (Å²) in [6, 6.07) is 1.92. The summed E-state index contributed by atoms with van der Waals surface area (Å²) < 4.78 is 0. The lowest BCUT2D eigenvalue weighted by atomic mass is 9.85. The molecule has 0 aromatic carbocycles. The Morgan fingerprint density at radius 3 is 2.90 bits per heavy atom. The summed E-state index contributed by atoms with van der Waals surface area (Å²) >= 11 is 0. The second kappa shape index (κ2) is 2.57. The molecule has 3 nitrogen and oxygen atoms in total. The fraction of sp³-hybridized carbons (Fsp3) is 0.857. The van der Waals surface area contributed by atoms with Crippen LogP contribution >= 0.6 is 0 Å². The molecule has 3 heteroatoms. The maximum atomic E-state index is 9.52. The van der Waals surface area contributed by atoms with E-state index in [4.69, 9.17) is 5.26 Å². The topological polar surface area (TPSA) is 56.0 Å². The molecule has 0 bridgehead atoms. The standard InChI is InChI=1S/C7H12N2O/c1-6-2-3-9-5-7(6,10)4-8/h6,9-10H,2-3,5H2,1H3. The molecular formula is C7H12N2O. The number of nitriles is 1. The molecule has 0 saturated carbocycles. The van der Waals surface area contributed by atoms with Gasteiger partial charge in [0, 0.05) is 12.5 Å². The number of nitrogens with zero attached hydrogens (tertiary/aromatic N) is 1. The normalized spacial score (nSPS) is 40.7. The number of hydrogen-bond donors (Lipinski definition) is 2. The number of piperidine rings is 1. The summed E-state index contributed by atoms with van der Waals surface area (Å²) in [6.07, 6.45) is 0.879. The minimum absolute atomic E-state index is 0.0961. The molecule has 0 spiro atoms. The molecule has 1 saturated heterocycles. The largest absolute Gasteiger partial charge is 0.374 e. The van der Waals surface area contributed by atoms with Gasteiger partial charge in [0.2, 0.25) is 0 Å². The Hall–Kier alpha value is -0.590. The Morgan fingerprint density at radius 1 is 1.80 bits per heavy atom. The number of nitrogens with one attached hydrogen (secondary N) is 1. The first-order valence-electron chi connectivity index (χ1n) is 3.53. The predicted octanol–water partition coefficient (Wildman–Crippen LogP) is -0.130. The van der Waals surface area contributed by atoms with Gasteiger partial charge in [-0.2, -0.15) is 5.26 Å². The van der Waals surface area contributed by atoms with E-state index >= 15 is 0 Å². The highest BCUT2D eigenvalue weighted by Gasteiger charge is 2.35. The Kier molecular flexibility index (Phi) is 1.93. The van der Waals surface area contributed by atoms with Gasteiger partial charge in [-0.05, 0) is 13.0 Å². The van der Waals surface area contributed by atoms with E-state index in [-0.39, 0.29) is 5.92 Å². The molecule has 0 aromatic heterocycles. The molecule has 1 heterocycles. The lowest BCUT2D eigenvalue weighted by molar-refractivity contribution is 0.0231. The van der Waals surface area contributed by atoms with Crippen molar-refractivity contribution >= 4 is 0 Å². The van der Waals surface area contributed by atoms with Gasteiger partial charge < -0.3 is 10.4 Å². The van der Waals surface area contributed by atoms with E-state index in [2.05, 4.69) is 5.32 Å². The first kappa shape index (κ1) is 7.52. The highest BCUT2D eigenvalue weighted by Crippen LogP contribution is 2.21. The van der Waals surface area contributed by atoms with Crippen LogP contribution in [0.3, 0.4) is 0 Å². The first-order chi connectivity index (χ1) is 4.69. The van der Waals surface area contributed by atoms with Crippen molar-refractivity contribution in [3.05, 3.63) is 0 Å². The van der Waals surface area contributed by atoms with Crippen LogP contribution in [-0.4, -0.2) is 23.8 Å². The zero-order valence-electron chi connectivity index (χ0n) is 6.09. The third kappa shape index (κ3) is 1.13. The van der Waals surface area contributed by atoms with Crippen molar-refractivity contribution in [2.24, 2.45) is 5.92 Å². The minimum atomic E-state index is -1.13. The van der Waals surface area contributed by atoms with Gasteiger partial charge in [0.1, 0.15) is 0 Å². The lowest BCUT2D eigenvalue weighted by Crippen LogP contribution is -2.50. The Morgan fingerprint density at radius 2 is 2.50 bits per heavy atom. The van der Waals surface area contributed by atoms with Crippen LogP contribution < -0.4 is 5.32 Å². The zero-order chi connectivity index (χ0) is 7.61. The summed E-state index contributed by atoms with van der Waals surface area (Å²) in [5.74, 6) is 0.0961. The molecule has 1 fully saturated rings. The van der Waals surface area contributed by atoms with Gasteiger partial charge in [-0.3, -0.25) is 0 Å². The lowest BCUT2D eigenvalue weighted by Gasteiger charge is -2.32. The number of hydrogen-bond acceptors (Lipinski definition) is 3. The molecule has 56 valence electrons. The summed E-state index contributed by atoms with van der Waals surface area (Å²) in [5.41, 5.74) is -1.13. The van der Waals surface area contributed by atoms with E-state index in [0.717, 1.165) is 13.0 Å². The SMILES string of the molecule is CC1CCNCC1(O)C#N. The highest BCUT2D eigenvalue weighted by atomic mass is 16.3. The Balaban J connectivity index is 2.65. The monoisotopic (exact) mass is 140 g/mol. The fourth-order valence-corrected chi connectivity index (χ4v) is 1.16. The van der Waals surface area contributed by atoms with E-state index in [1.807, 2.05) is 13.0 Å². The van der Waals surface area contributed by atoms with Gasteiger partial charge in [0.25, 0.3) is 0 Å². The van der Waals surface area contributed by atoms with Crippen molar-refractivity contribution in [1.82, 2.24) is 5.32 Å². The molecule has 10 heavy (non-hydrogen) atoms. The minimum Gasteiger partial charge on any atom is -0.374 e. The van der Waals surface area contributed by atoms with Gasteiger partial charge in [-0.25, -0.2) is 0 Å². The van der Waals surface area contributed by atoms with Crippen molar-refractivity contribution in [2.45, 2.75) is 18.9 Å². The van der Waals surface area contributed by atoms with Crippen molar-refractivity contribution < 1.29 is 5.11 Å². The molecule has 1 aliphatic heterocycles. The molecule has 2 unspecified atom stereocenters. The molecule has 0 radical (unpaired) electrons. The van der Waals surface area contributed by atoms with Gasteiger partial charge in [-0.15, -0.1) is 0 Å². The number of aliphatic hydroxyl groups is 1.